The van der Waals surface area contributed by atoms with Gasteiger partial charge < -0.3 is 5.32 Å². The van der Waals surface area contributed by atoms with E-state index in [2.05, 4.69) is 10.0 Å². The molecule has 2 aromatic carbocycles. The van der Waals surface area contributed by atoms with Gasteiger partial charge in [0.1, 0.15) is 0 Å². The molecule has 0 bridgehead atoms. The van der Waals surface area contributed by atoms with Crippen molar-refractivity contribution in [2.75, 3.05) is 0 Å². The highest BCUT2D eigenvalue weighted by Crippen LogP contribution is 2.24. The maximum atomic E-state index is 12.5. The third-order valence-corrected chi connectivity index (χ3v) is 6.22. The zero-order valence-corrected chi connectivity index (χ0v) is 16.4. The minimum Gasteiger partial charge on any atom is -0.348 e. The zero-order valence-electron chi connectivity index (χ0n) is 14.1. The first-order chi connectivity index (χ1) is 12.3. The molecule has 5 nitrogen and oxygen atoms in total. The van der Waals surface area contributed by atoms with E-state index in [0.717, 1.165) is 18.4 Å². The van der Waals surface area contributed by atoms with Crippen molar-refractivity contribution in [2.24, 2.45) is 0 Å². The van der Waals surface area contributed by atoms with Gasteiger partial charge in [0.15, 0.2) is 0 Å². The third-order valence-electron chi connectivity index (χ3n) is 4.12. The Hall–Kier alpha value is -1.60. The van der Waals surface area contributed by atoms with E-state index < -0.39 is 10.0 Å². The van der Waals surface area contributed by atoms with Crippen LogP contribution in [0, 0.1) is 6.92 Å². The van der Waals surface area contributed by atoms with E-state index in [1.807, 2.05) is 0 Å². The third kappa shape index (κ3) is 4.57. The molecule has 26 heavy (non-hydrogen) atoms. The van der Waals surface area contributed by atoms with Crippen molar-refractivity contribution in [2.45, 2.75) is 37.2 Å². The van der Waals surface area contributed by atoms with E-state index in [4.69, 9.17) is 23.2 Å². The highest BCUT2D eigenvalue weighted by atomic mass is 35.5. The number of halogens is 2. The molecule has 138 valence electrons. The maximum Gasteiger partial charge on any atom is 0.251 e. The van der Waals surface area contributed by atoms with Crippen LogP contribution in [0.25, 0.3) is 0 Å². The molecule has 3 rings (SSSR count). The van der Waals surface area contributed by atoms with Crippen molar-refractivity contribution in [3.63, 3.8) is 0 Å². The Morgan fingerprint density at radius 1 is 1.15 bits per heavy atom. The van der Waals surface area contributed by atoms with E-state index in [0.29, 0.717) is 21.2 Å². The second-order valence-electron chi connectivity index (χ2n) is 6.29. The number of nitrogens with one attached hydrogen (secondary N) is 2. The van der Waals surface area contributed by atoms with Crippen LogP contribution in [0.5, 0.6) is 0 Å². The summed E-state index contributed by atoms with van der Waals surface area (Å²) in [6.45, 7) is 1.97. The van der Waals surface area contributed by atoms with E-state index in [9.17, 15) is 13.2 Å². The summed E-state index contributed by atoms with van der Waals surface area (Å²) >= 11 is 12.0. The molecule has 1 aliphatic rings. The number of amides is 1. The minimum absolute atomic E-state index is 0.00521. The number of carbonyl (C=O) groups excluding carboxylic acids is 1. The molecular weight excluding hydrogens is 395 g/mol. The lowest BCUT2D eigenvalue weighted by atomic mass is 10.1. The number of hydrogen-bond donors (Lipinski definition) is 2. The molecule has 0 atom stereocenters. The van der Waals surface area contributed by atoms with Gasteiger partial charge in [-0.1, -0.05) is 35.3 Å². The first-order valence-electron chi connectivity index (χ1n) is 8.11. The lowest BCUT2D eigenvalue weighted by Crippen LogP contribution is -2.27. The van der Waals surface area contributed by atoms with Crippen LogP contribution in [0.15, 0.2) is 41.3 Å². The first-order valence-corrected chi connectivity index (χ1v) is 10.4. The molecule has 2 aromatic rings. The van der Waals surface area contributed by atoms with Gasteiger partial charge in [0.2, 0.25) is 10.0 Å². The van der Waals surface area contributed by atoms with E-state index in [1.54, 1.807) is 31.2 Å². The fourth-order valence-electron chi connectivity index (χ4n) is 2.44. The topological polar surface area (TPSA) is 75.3 Å². The highest BCUT2D eigenvalue weighted by molar-refractivity contribution is 7.89. The van der Waals surface area contributed by atoms with Crippen molar-refractivity contribution >= 4 is 39.1 Å². The van der Waals surface area contributed by atoms with Crippen LogP contribution in [0.3, 0.4) is 0 Å². The summed E-state index contributed by atoms with van der Waals surface area (Å²) < 4.78 is 27.3. The van der Waals surface area contributed by atoms with Crippen LogP contribution in [0.2, 0.25) is 10.0 Å². The first kappa shape index (κ1) is 19.2. The molecule has 1 aliphatic carbocycles. The fraction of sp³-hybridized carbons (Fsp3) is 0.278. The number of rotatable bonds is 6. The van der Waals surface area contributed by atoms with Gasteiger partial charge in [0, 0.05) is 28.2 Å². The number of aryl methyl sites for hydroxylation is 1. The predicted molar refractivity (Wildman–Crippen MR) is 102 cm³/mol. The Balaban J connectivity index is 1.77. The summed E-state index contributed by atoms with van der Waals surface area (Å²) in [5.74, 6) is -0.364. The zero-order chi connectivity index (χ0) is 18.9. The average molecular weight is 413 g/mol. The van der Waals surface area contributed by atoms with Crippen LogP contribution >= 0.6 is 23.2 Å². The van der Waals surface area contributed by atoms with Gasteiger partial charge in [-0.3, -0.25) is 4.79 Å². The van der Waals surface area contributed by atoms with E-state index in [1.165, 1.54) is 12.1 Å². The average Bonchev–Trinajstić information content (AvgIpc) is 3.37. The number of hydrogen-bond acceptors (Lipinski definition) is 3. The minimum atomic E-state index is -3.61. The number of benzene rings is 2. The second kappa shape index (κ2) is 7.56. The van der Waals surface area contributed by atoms with Crippen molar-refractivity contribution in [1.82, 2.24) is 10.0 Å². The van der Waals surface area contributed by atoms with E-state index >= 15 is 0 Å². The molecule has 0 heterocycles. The van der Waals surface area contributed by atoms with Crippen LogP contribution < -0.4 is 10.0 Å². The highest BCUT2D eigenvalue weighted by Gasteiger charge is 2.28. The summed E-state index contributed by atoms with van der Waals surface area (Å²) in [5, 5.41) is 3.74. The van der Waals surface area contributed by atoms with Gasteiger partial charge >= 0.3 is 0 Å². The summed E-state index contributed by atoms with van der Waals surface area (Å²) in [5.41, 5.74) is 1.73. The van der Waals surface area contributed by atoms with Crippen LogP contribution in [0.1, 0.15) is 34.3 Å². The summed E-state index contributed by atoms with van der Waals surface area (Å²) in [6.07, 6.45) is 1.70. The van der Waals surface area contributed by atoms with Crippen molar-refractivity contribution in [1.29, 1.82) is 0 Å². The van der Waals surface area contributed by atoms with Gasteiger partial charge in [0.25, 0.3) is 5.91 Å². The summed E-state index contributed by atoms with van der Waals surface area (Å²) in [4.78, 5) is 12.6. The van der Waals surface area contributed by atoms with Gasteiger partial charge in [0.05, 0.1) is 4.90 Å². The Labute approximate surface area is 162 Å². The molecule has 0 saturated heterocycles. The van der Waals surface area contributed by atoms with Crippen molar-refractivity contribution < 1.29 is 13.2 Å². The molecule has 0 radical (unpaired) electrons. The molecule has 0 unspecified atom stereocenters. The SMILES string of the molecule is Cc1ccc(S(=O)(=O)NC2CC2)cc1C(=O)NCc1ccc(Cl)cc1Cl. The monoisotopic (exact) mass is 412 g/mol. The Morgan fingerprint density at radius 2 is 1.88 bits per heavy atom. The quantitative estimate of drug-likeness (QED) is 0.759. The largest absolute Gasteiger partial charge is 0.348 e. The van der Waals surface area contributed by atoms with Crippen LogP contribution in [-0.4, -0.2) is 20.4 Å². The predicted octanol–water partition coefficient (Wildman–Crippen LogP) is 3.67. The maximum absolute atomic E-state index is 12.5. The van der Waals surface area contributed by atoms with Gasteiger partial charge in [-0.2, -0.15) is 0 Å². The van der Waals surface area contributed by atoms with Gasteiger partial charge in [-0.15, -0.1) is 0 Å². The Bertz CT molecular complexity index is 957. The fourth-order valence-corrected chi connectivity index (χ4v) is 4.24. The summed E-state index contributed by atoms with van der Waals surface area (Å²) in [7, 11) is -3.61. The normalized spacial score (nSPS) is 14.3. The number of sulfonamides is 1. The summed E-state index contributed by atoms with van der Waals surface area (Å²) in [6, 6.07) is 9.57. The molecule has 0 aliphatic heterocycles. The standard InChI is InChI=1S/C18H18Cl2N2O3S/c1-11-2-7-15(26(24,25)22-14-5-6-14)9-16(11)18(23)21-10-12-3-4-13(19)8-17(12)20/h2-4,7-9,14,22H,5-6,10H2,1H3,(H,21,23). The molecule has 0 aromatic heterocycles. The molecule has 1 saturated carbocycles. The lowest BCUT2D eigenvalue weighted by Gasteiger charge is -2.11. The van der Waals surface area contributed by atoms with Gasteiger partial charge in [-0.25, -0.2) is 13.1 Å². The Morgan fingerprint density at radius 3 is 2.54 bits per heavy atom. The van der Waals surface area contributed by atoms with Crippen LogP contribution in [0.4, 0.5) is 0 Å². The number of carbonyl (C=O) groups is 1. The van der Waals surface area contributed by atoms with E-state index in [-0.39, 0.29) is 23.4 Å². The molecular formula is C18H18Cl2N2O3S. The van der Waals surface area contributed by atoms with Crippen LogP contribution in [-0.2, 0) is 16.6 Å². The molecule has 8 heteroatoms. The molecule has 1 amide bonds. The second-order valence-corrected chi connectivity index (χ2v) is 8.85. The smallest absolute Gasteiger partial charge is 0.251 e. The molecule has 2 N–H and O–H groups in total. The van der Waals surface area contributed by atoms with Gasteiger partial charge in [-0.05, 0) is 55.2 Å². The lowest BCUT2D eigenvalue weighted by molar-refractivity contribution is 0.0950. The van der Waals surface area contributed by atoms with Crippen molar-refractivity contribution in [3.8, 4) is 0 Å². The molecule has 0 spiro atoms. The molecule has 1 fully saturated rings. The van der Waals surface area contributed by atoms with Crippen molar-refractivity contribution in [3.05, 3.63) is 63.1 Å². The Kier molecular flexibility index (Phi) is 5.58.